The van der Waals surface area contributed by atoms with E-state index in [4.69, 9.17) is 15.0 Å². The Kier molecular flexibility index (Phi) is 3.94. The van der Waals surface area contributed by atoms with Gasteiger partial charge in [-0.1, -0.05) is 11.2 Å². The fourth-order valence-electron chi connectivity index (χ4n) is 1.69. The minimum Gasteiger partial charge on any atom is -0.496 e. The Hall–Kier alpha value is -1.88. The van der Waals surface area contributed by atoms with Crippen molar-refractivity contribution in [1.82, 2.24) is 10.1 Å². The first-order chi connectivity index (χ1) is 8.74. The van der Waals surface area contributed by atoms with Crippen LogP contribution < -0.4 is 10.5 Å². The highest BCUT2D eigenvalue weighted by molar-refractivity contribution is 5.57. The lowest BCUT2D eigenvalue weighted by atomic mass is 10.1. The average Bonchev–Trinajstić information content (AvgIpc) is 2.85. The molecule has 5 nitrogen and oxygen atoms in total. The zero-order valence-corrected chi connectivity index (χ0v) is 10.6. The van der Waals surface area contributed by atoms with Gasteiger partial charge >= 0.3 is 0 Å². The van der Waals surface area contributed by atoms with Crippen molar-refractivity contribution in [3.8, 4) is 17.2 Å². The Morgan fingerprint density at radius 2 is 2.22 bits per heavy atom. The number of hydrogen-bond donors (Lipinski definition) is 1. The average molecular weight is 247 g/mol. The summed E-state index contributed by atoms with van der Waals surface area (Å²) in [5.74, 6) is 2.02. The quantitative estimate of drug-likeness (QED) is 0.874. The first-order valence-corrected chi connectivity index (χ1v) is 5.92. The van der Waals surface area contributed by atoms with Crippen LogP contribution in [0.3, 0.4) is 0 Å². The zero-order chi connectivity index (χ0) is 13.0. The third kappa shape index (κ3) is 2.68. The largest absolute Gasteiger partial charge is 0.496 e. The number of nitrogens with two attached hydrogens (primary N) is 1. The van der Waals surface area contributed by atoms with Crippen molar-refractivity contribution in [3.63, 3.8) is 0 Å². The van der Waals surface area contributed by atoms with Crippen LogP contribution in [-0.2, 0) is 6.42 Å². The second-order valence-electron chi connectivity index (χ2n) is 4.09. The van der Waals surface area contributed by atoms with E-state index in [1.54, 1.807) is 7.11 Å². The smallest absolute Gasteiger partial charge is 0.258 e. The summed E-state index contributed by atoms with van der Waals surface area (Å²) >= 11 is 0. The molecule has 1 aromatic carbocycles. The highest BCUT2D eigenvalue weighted by Gasteiger charge is 2.10. The van der Waals surface area contributed by atoms with Crippen LogP contribution in [0.1, 0.15) is 17.8 Å². The molecule has 0 aliphatic rings. The topological polar surface area (TPSA) is 74.2 Å². The van der Waals surface area contributed by atoms with Gasteiger partial charge in [-0.25, -0.2) is 0 Å². The molecule has 0 saturated heterocycles. The molecule has 1 aromatic heterocycles. The van der Waals surface area contributed by atoms with E-state index in [1.807, 2.05) is 25.1 Å². The number of aromatic nitrogens is 2. The number of hydrogen-bond acceptors (Lipinski definition) is 5. The van der Waals surface area contributed by atoms with E-state index in [0.29, 0.717) is 18.3 Å². The van der Waals surface area contributed by atoms with Crippen molar-refractivity contribution in [2.45, 2.75) is 19.8 Å². The minimum atomic E-state index is 0.514. The maximum atomic E-state index is 5.45. The summed E-state index contributed by atoms with van der Waals surface area (Å²) in [4.78, 5) is 4.33. The molecule has 0 unspecified atom stereocenters. The standard InChI is InChI=1S/C13H17N3O2/c1-9-5-6-10(8-11(9)17-2)13-15-12(16-18-13)4-3-7-14/h5-6,8H,3-4,7,14H2,1-2H3. The Balaban J connectivity index is 2.23. The third-order valence-electron chi connectivity index (χ3n) is 2.73. The molecule has 2 rings (SSSR count). The van der Waals surface area contributed by atoms with E-state index >= 15 is 0 Å². The Bertz CT molecular complexity index is 523. The van der Waals surface area contributed by atoms with Gasteiger partial charge in [0, 0.05) is 12.0 Å². The molecule has 0 saturated carbocycles. The van der Waals surface area contributed by atoms with Gasteiger partial charge in [0.05, 0.1) is 7.11 Å². The number of methoxy groups -OCH3 is 1. The summed E-state index contributed by atoms with van der Waals surface area (Å²) < 4.78 is 10.5. The van der Waals surface area contributed by atoms with Crippen LogP contribution in [0.25, 0.3) is 11.5 Å². The predicted molar refractivity (Wildman–Crippen MR) is 68.4 cm³/mol. The molecule has 0 amide bonds. The molecule has 1 heterocycles. The third-order valence-corrected chi connectivity index (χ3v) is 2.73. The van der Waals surface area contributed by atoms with Crippen LogP contribution in [0.15, 0.2) is 22.7 Å². The molecule has 0 aliphatic heterocycles. The lowest BCUT2D eigenvalue weighted by molar-refractivity contribution is 0.409. The van der Waals surface area contributed by atoms with Crippen LogP contribution in [0.2, 0.25) is 0 Å². The monoisotopic (exact) mass is 247 g/mol. The normalized spacial score (nSPS) is 10.6. The number of aryl methyl sites for hydroxylation is 2. The lowest BCUT2D eigenvalue weighted by Gasteiger charge is -2.04. The molecule has 2 N–H and O–H groups in total. The molecule has 0 radical (unpaired) electrons. The molecular formula is C13H17N3O2. The molecule has 0 bridgehead atoms. The van der Waals surface area contributed by atoms with E-state index in [1.165, 1.54) is 0 Å². The Morgan fingerprint density at radius 1 is 1.39 bits per heavy atom. The SMILES string of the molecule is COc1cc(-c2nc(CCCN)no2)ccc1C. The molecule has 2 aromatic rings. The van der Waals surface area contributed by atoms with Crippen molar-refractivity contribution in [2.75, 3.05) is 13.7 Å². The van der Waals surface area contributed by atoms with Gasteiger partial charge < -0.3 is 15.0 Å². The zero-order valence-electron chi connectivity index (χ0n) is 10.6. The Labute approximate surface area is 106 Å². The summed E-state index contributed by atoms with van der Waals surface area (Å²) in [5.41, 5.74) is 7.38. The van der Waals surface area contributed by atoms with Gasteiger partial charge in [0.2, 0.25) is 0 Å². The molecule has 96 valence electrons. The van der Waals surface area contributed by atoms with Crippen molar-refractivity contribution in [2.24, 2.45) is 5.73 Å². The molecule has 0 spiro atoms. The number of ether oxygens (including phenoxy) is 1. The molecule has 5 heteroatoms. The molecular weight excluding hydrogens is 230 g/mol. The molecule has 0 aliphatic carbocycles. The van der Waals surface area contributed by atoms with Crippen LogP contribution in [0, 0.1) is 6.92 Å². The lowest BCUT2D eigenvalue weighted by Crippen LogP contribution is -2.01. The summed E-state index contributed by atoms with van der Waals surface area (Å²) in [6.45, 7) is 2.62. The van der Waals surface area contributed by atoms with Gasteiger partial charge in [-0.05, 0) is 37.6 Å². The van der Waals surface area contributed by atoms with Crippen LogP contribution in [-0.4, -0.2) is 23.8 Å². The highest BCUT2D eigenvalue weighted by atomic mass is 16.5. The summed E-state index contributed by atoms with van der Waals surface area (Å²) in [6, 6.07) is 5.81. The van der Waals surface area contributed by atoms with Crippen molar-refractivity contribution < 1.29 is 9.26 Å². The molecule has 0 atom stereocenters. The van der Waals surface area contributed by atoms with Crippen LogP contribution in [0.4, 0.5) is 0 Å². The predicted octanol–water partition coefficient (Wildman–Crippen LogP) is 1.94. The van der Waals surface area contributed by atoms with Gasteiger partial charge in [-0.3, -0.25) is 0 Å². The summed E-state index contributed by atoms with van der Waals surface area (Å²) in [5, 5.41) is 3.93. The van der Waals surface area contributed by atoms with E-state index in [2.05, 4.69) is 10.1 Å². The highest BCUT2D eigenvalue weighted by Crippen LogP contribution is 2.25. The summed E-state index contributed by atoms with van der Waals surface area (Å²) in [6.07, 6.45) is 1.60. The summed E-state index contributed by atoms with van der Waals surface area (Å²) in [7, 11) is 1.65. The van der Waals surface area contributed by atoms with Crippen molar-refractivity contribution in [1.29, 1.82) is 0 Å². The first-order valence-electron chi connectivity index (χ1n) is 5.92. The number of nitrogens with zero attached hydrogens (tertiary/aromatic N) is 2. The first kappa shape index (κ1) is 12.6. The number of rotatable bonds is 5. The van der Waals surface area contributed by atoms with Crippen LogP contribution in [0.5, 0.6) is 5.75 Å². The number of benzene rings is 1. The van der Waals surface area contributed by atoms with Gasteiger partial charge in [-0.2, -0.15) is 4.98 Å². The second-order valence-corrected chi connectivity index (χ2v) is 4.09. The molecule has 0 fully saturated rings. The minimum absolute atomic E-state index is 0.514. The van der Waals surface area contributed by atoms with Gasteiger partial charge in [-0.15, -0.1) is 0 Å². The van der Waals surface area contributed by atoms with Crippen molar-refractivity contribution >= 4 is 0 Å². The Morgan fingerprint density at radius 3 is 2.94 bits per heavy atom. The van der Waals surface area contributed by atoms with Gasteiger partial charge in [0.25, 0.3) is 5.89 Å². The fourth-order valence-corrected chi connectivity index (χ4v) is 1.69. The molecule has 18 heavy (non-hydrogen) atoms. The maximum absolute atomic E-state index is 5.45. The maximum Gasteiger partial charge on any atom is 0.258 e. The van der Waals surface area contributed by atoms with Gasteiger partial charge in [0.15, 0.2) is 5.82 Å². The van der Waals surface area contributed by atoms with E-state index in [9.17, 15) is 0 Å². The van der Waals surface area contributed by atoms with Crippen LogP contribution >= 0.6 is 0 Å². The van der Waals surface area contributed by atoms with E-state index in [-0.39, 0.29) is 0 Å². The van der Waals surface area contributed by atoms with E-state index < -0.39 is 0 Å². The second kappa shape index (κ2) is 5.64. The van der Waals surface area contributed by atoms with E-state index in [0.717, 1.165) is 29.7 Å². The van der Waals surface area contributed by atoms with Gasteiger partial charge in [0.1, 0.15) is 5.75 Å². The fraction of sp³-hybridized carbons (Fsp3) is 0.385. The van der Waals surface area contributed by atoms with Crippen molar-refractivity contribution in [3.05, 3.63) is 29.6 Å².